The van der Waals surface area contributed by atoms with Gasteiger partial charge in [-0.05, 0) is 45.1 Å². The largest absolute Gasteiger partial charge is 0.343 e. The molecule has 2 rings (SSSR count). The average molecular weight is 281 g/mol. The van der Waals surface area contributed by atoms with Gasteiger partial charge in [0, 0.05) is 38.1 Å². The first-order chi connectivity index (χ1) is 9.76. The number of likely N-dealkylation sites (tertiary alicyclic amines) is 1. The van der Waals surface area contributed by atoms with E-state index >= 15 is 0 Å². The summed E-state index contributed by atoms with van der Waals surface area (Å²) in [4.78, 5) is 17.0. The number of piperidine rings is 1. The highest BCUT2D eigenvalue weighted by molar-refractivity contribution is 5.77. The predicted molar refractivity (Wildman–Crippen MR) is 82.5 cm³/mol. The van der Waals surface area contributed by atoms with Gasteiger partial charge in [-0.1, -0.05) is 13.3 Å². The van der Waals surface area contributed by atoms with Gasteiger partial charge in [-0.15, -0.1) is 0 Å². The molecule has 1 aliphatic carbocycles. The Labute approximate surface area is 123 Å². The smallest absolute Gasteiger partial charge is 0.224 e. The number of unbranched alkanes of at least 4 members (excludes halogenated alkanes) is 1. The van der Waals surface area contributed by atoms with Gasteiger partial charge < -0.3 is 10.6 Å². The average Bonchev–Trinajstić information content (AvgIpc) is 3.31. The van der Waals surface area contributed by atoms with Crippen LogP contribution < -0.4 is 5.73 Å². The zero-order chi connectivity index (χ0) is 14.4. The van der Waals surface area contributed by atoms with E-state index in [0.717, 1.165) is 19.6 Å². The van der Waals surface area contributed by atoms with Crippen LogP contribution in [0.15, 0.2) is 0 Å². The van der Waals surface area contributed by atoms with Crippen LogP contribution in [0.2, 0.25) is 0 Å². The molecule has 0 bridgehead atoms. The summed E-state index contributed by atoms with van der Waals surface area (Å²) in [5, 5.41) is 0. The fourth-order valence-electron chi connectivity index (χ4n) is 3.22. The molecule has 116 valence electrons. The van der Waals surface area contributed by atoms with Crippen LogP contribution in [0.1, 0.15) is 58.3 Å². The van der Waals surface area contributed by atoms with Gasteiger partial charge in [0.05, 0.1) is 0 Å². The lowest BCUT2D eigenvalue weighted by Crippen LogP contribution is -2.47. The van der Waals surface area contributed by atoms with Gasteiger partial charge in [0.1, 0.15) is 0 Å². The minimum atomic E-state index is 0.253. The second kappa shape index (κ2) is 7.99. The van der Waals surface area contributed by atoms with E-state index < -0.39 is 0 Å². The van der Waals surface area contributed by atoms with Crippen molar-refractivity contribution < 1.29 is 4.79 Å². The van der Waals surface area contributed by atoms with E-state index in [2.05, 4.69) is 16.7 Å². The third kappa shape index (κ3) is 4.45. The van der Waals surface area contributed by atoms with Crippen LogP contribution in [-0.4, -0.2) is 54.0 Å². The van der Waals surface area contributed by atoms with E-state index in [4.69, 9.17) is 5.73 Å². The van der Waals surface area contributed by atoms with E-state index in [1.807, 2.05) is 0 Å². The van der Waals surface area contributed by atoms with Crippen LogP contribution in [0.5, 0.6) is 0 Å². The lowest BCUT2D eigenvalue weighted by Gasteiger charge is -2.33. The van der Waals surface area contributed by atoms with Crippen LogP contribution in [0, 0.1) is 0 Å². The molecular formula is C16H31N3O. The van der Waals surface area contributed by atoms with Crippen molar-refractivity contribution in [3.05, 3.63) is 0 Å². The lowest BCUT2D eigenvalue weighted by molar-refractivity contribution is -0.133. The Morgan fingerprint density at radius 1 is 1.30 bits per heavy atom. The maximum Gasteiger partial charge on any atom is 0.224 e. The third-order valence-corrected chi connectivity index (χ3v) is 4.65. The van der Waals surface area contributed by atoms with E-state index in [9.17, 15) is 4.79 Å². The molecule has 0 aromatic heterocycles. The van der Waals surface area contributed by atoms with Crippen molar-refractivity contribution >= 4 is 5.91 Å². The van der Waals surface area contributed by atoms with Crippen molar-refractivity contribution in [2.45, 2.75) is 70.4 Å². The summed E-state index contributed by atoms with van der Waals surface area (Å²) < 4.78 is 0. The molecule has 4 heteroatoms. The minimum absolute atomic E-state index is 0.253. The normalized spacial score (nSPS) is 21.2. The molecule has 1 atom stereocenters. The Morgan fingerprint density at radius 3 is 2.55 bits per heavy atom. The summed E-state index contributed by atoms with van der Waals surface area (Å²) in [5.41, 5.74) is 5.98. The Kier molecular flexibility index (Phi) is 6.30. The number of rotatable bonds is 8. The molecule has 1 amide bonds. The van der Waals surface area contributed by atoms with Crippen LogP contribution in [0.3, 0.4) is 0 Å². The highest BCUT2D eigenvalue weighted by Gasteiger charge is 2.34. The summed E-state index contributed by atoms with van der Waals surface area (Å²) in [6, 6.07) is 0.952. The number of nitrogens with zero attached hydrogens (tertiary/aromatic N) is 2. The number of amides is 1. The highest BCUT2D eigenvalue weighted by Crippen LogP contribution is 2.30. The van der Waals surface area contributed by atoms with Gasteiger partial charge >= 0.3 is 0 Å². The molecule has 0 radical (unpaired) electrons. The van der Waals surface area contributed by atoms with Crippen LogP contribution >= 0.6 is 0 Å². The molecule has 2 aliphatic rings. The monoisotopic (exact) mass is 281 g/mol. The van der Waals surface area contributed by atoms with Crippen LogP contribution in [0.25, 0.3) is 0 Å². The zero-order valence-electron chi connectivity index (χ0n) is 13.0. The topological polar surface area (TPSA) is 49.6 Å². The summed E-state index contributed by atoms with van der Waals surface area (Å²) >= 11 is 0. The van der Waals surface area contributed by atoms with Gasteiger partial charge in [-0.2, -0.15) is 0 Å². The summed E-state index contributed by atoms with van der Waals surface area (Å²) in [6.45, 7) is 5.85. The molecule has 1 unspecified atom stereocenters. The summed E-state index contributed by atoms with van der Waals surface area (Å²) in [6.07, 6.45) is 9.23. The van der Waals surface area contributed by atoms with Crippen molar-refractivity contribution in [3.8, 4) is 0 Å². The third-order valence-electron chi connectivity index (χ3n) is 4.65. The Morgan fingerprint density at radius 2 is 2.00 bits per heavy atom. The van der Waals surface area contributed by atoms with E-state index in [-0.39, 0.29) is 6.04 Å². The number of hydrogen-bond acceptors (Lipinski definition) is 3. The maximum atomic E-state index is 12.4. The Hall–Kier alpha value is -0.610. The van der Waals surface area contributed by atoms with Gasteiger partial charge in [0.2, 0.25) is 5.91 Å². The molecular weight excluding hydrogens is 250 g/mol. The summed E-state index contributed by atoms with van der Waals surface area (Å²) in [5.74, 6) is 0.322. The molecule has 1 aliphatic heterocycles. The van der Waals surface area contributed by atoms with Crippen molar-refractivity contribution in [3.63, 3.8) is 0 Å². The molecule has 0 spiro atoms. The fraction of sp³-hybridized carbons (Fsp3) is 0.938. The van der Waals surface area contributed by atoms with E-state index in [0.29, 0.717) is 24.9 Å². The van der Waals surface area contributed by atoms with Crippen molar-refractivity contribution in [2.24, 2.45) is 5.73 Å². The molecule has 1 heterocycles. The lowest BCUT2D eigenvalue weighted by atomic mass is 10.1. The van der Waals surface area contributed by atoms with Crippen LogP contribution in [0.4, 0.5) is 0 Å². The van der Waals surface area contributed by atoms with Crippen molar-refractivity contribution in [1.82, 2.24) is 9.80 Å². The molecule has 2 fully saturated rings. The Bertz CT molecular complexity index is 298. The maximum absolute atomic E-state index is 12.4. The molecule has 2 N–H and O–H groups in total. The second-order valence-electron chi connectivity index (χ2n) is 6.36. The first-order valence-corrected chi connectivity index (χ1v) is 8.49. The summed E-state index contributed by atoms with van der Waals surface area (Å²) in [7, 11) is 0. The standard InChI is InChI=1S/C16H31N3O/c1-2-3-11-19(14-7-8-14)15(13-17)12-16(20)18-9-5-4-6-10-18/h14-15H,2-13,17H2,1H3. The van der Waals surface area contributed by atoms with Gasteiger partial charge in [-0.3, -0.25) is 9.69 Å². The number of hydrogen-bond donors (Lipinski definition) is 1. The first kappa shape index (κ1) is 15.8. The van der Waals surface area contributed by atoms with E-state index in [1.165, 1.54) is 44.9 Å². The number of carbonyl (C=O) groups excluding carboxylic acids is 1. The molecule has 1 saturated carbocycles. The SMILES string of the molecule is CCCCN(C1CC1)C(CN)CC(=O)N1CCCCC1. The molecule has 20 heavy (non-hydrogen) atoms. The van der Waals surface area contributed by atoms with Gasteiger partial charge in [0.15, 0.2) is 0 Å². The van der Waals surface area contributed by atoms with Crippen molar-refractivity contribution in [1.29, 1.82) is 0 Å². The van der Waals surface area contributed by atoms with E-state index in [1.54, 1.807) is 0 Å². The van der Waals surface area contributed by atoms with Crippen molar-refractivity contribution in [2.75, 3.05) is 26.2 Å². The number of carbonyl (C=O) groups is 1. The molecule has 1 saturated heterocycles. The Balaban J connectivity index is 1.86. The fourth-order valence-corrected chi connectivity index (χ4v) is 3.22. The quantitative estimate of drug-likeness (QED) is 0.740. The first-order valence-electron chi connectivity index (χ1n) is 8.49. The zero-order valence-corrected chi connectivity index (χ0v) is 13.0. The van der Waals surface area contributed by atoms with Gasteiger partial charge in [-0.25, -0.2) is 0 Å². The van der Waals surface area contributed by atoms with Gasteiger partial charge in [0.25, 0.3) is 0 Å². The molecule has 0 aromatic carbocycles. The van der Waals surface area contributed by atoms with Crippen LogP contribution in [-0.2, 0) is 4.79 Å². The highest BCUT2D eigenvalue weighted by atomic mass is 16.2. The second-order valence-corrected chi connectivity index (χ2v) is 6.36. The molecule has 4 nitrogen and oxygen atoms in total. The number of nitrogens with two attached hydrogens (primary N) is 1. The predicted octanol–water partition coefficient (Wildman–Crippen LogP) is 1.98. The minimum Gasteiger partial charge on any atom is -0.343 e. The molecule has 0 aromatic rings.